The van der Waals surface area contributed by atoms with Crippen LogP contribution in [0, 0.1) is 6.92 Å². The Morgan fingerprint density at radius 2 is 1.59 bits per heavy atom. The van der Waals surface area contributed by atoms with Crippen molar-refractivity contribution in [2.24, 2.45) is 0 Å². The molecule has 0 aromatic heterocycles. The minimum Gasteiger partial charge on any atom is -0.497 e. The van der Waals surface area contributed by atoms with Crippen molar-refractivity contribution < 1.29 is 27.4 Å². The first-order chi connectivity index (χ1) is 16.2. The van der Waals surface area contributed by atoms with Crippen LogP contribution in [0.5, 0.6) is 17.2 Å². The van der Waals surface area contributed by atoms with Gasteiger partial charge in [0, 0.05) is 17.2 Å². The van der Waals surface area contributed by atoms with Gasteiger partial charge in [-0.15, -0.1) is 0 Å². The van der Waals surface area contributed by atoms with Gasteiger partial charge in [-0.25, -0.2) is 8.42 Å². The second kappa shape index (κ2) is 10.5. The zero-order chi connectivity index (χ0) is 24.9. The molecule has 9 heteroatoms. The number of hydrogen-bond donors (Lipinski definition) is 2. The first-order valence-corrected chi connectivity index (χ1v) is 12.0. The number of sulfonamides is 1. The van der Waals surface area contributed by atoms with E-state index < -0.39 is 22.0 Å². The Morgan fingerprint density at radius 1 is 0.882 bits per heavy atom. The Bertz CT molecular complexity index is 1290. The third kappa shape index (κ3) is 5.43. The molecule has 0 fully saturated rings. The fraction of sp³-hybridized carbons (Fsp3) is 0.240. The first-order valence-electron chi connectivity index (χ1n) is 10.5. The molecule has 0 aliphatic rings. The minimum atomic E-state index is -3.98. The predicted molar refractivity (Wildman–Crippen MR) is 130 cm³/mol. The number of anilines is 1. The predicted octanol–water partition coefficient (Wildman–Crippen LogP) is 4.31. The number of benzene rings is 3. The van der Waals surface area contributed by atoms with Crippen LogP contribution in [0.15, 0.2) is 65.6 Å². The second-order valence-corrected chi connectivity index (χ2v) is 9.24. The lowest BCUT2D eigenvalue weighted by Gasteiger charge is -2.19. The monoisotopic (exact) mass is 484 g/mol. The number of methoxy groups -OCH3 is 3. The van der Waals surface area contributed by atoms with Gasteiger partial charge in [-0.05, 0) is 55.8 Å². The topological polar surface area (TPSA) is 103 Å². The smallest absolute Gasteiger partial charge is 0.262 e. The summed E-state index contributed by atoms with van der Waals surface area (Å²) in [4.78, 5) is 13.0. The molecule has 1 atom stereocenters. The number of para-hydroxylation sites is 2. The highest BCUT2D eigenvalue weighted by Gasteiger charge is 2.22. The van der Waals surface area contributed by atoms with E-state index in [1.165, 1.54) is 13.2 Å². The molecule has 0 bridgehead atoms. The third-order valence-corrected chi connectivity index (χ3v) is 6.85. The van der Waals surface area contributed by atoms with Crippen molar-refractivity contribution in [2.75, 3.05) is 26.1 Å². The molecular formula is C25H28N2O6S. The van der Waals surface area contributed by atoms with Crippen LogP contribution in [-0.4, -0.2) is 35.7 Å². The minimum absolute atomic E-state index is 0.000683. The molecule has 0 spiro atoms. The van der Waals surface area contributed by atoms with Crippen molar-refractivity contribution in [3.63, 3.8) is 0 Å². The van der Waals surface area contributed by atoms with E-state index in [4.69, 9.17) is 14.2 Å². The van der Waals surface area contributed by atoms with E-state index in [2.05, 4.69) is 10.0 Å². The Hall–Kier alpha value is -3.72. The van der Waals surface area contributed by atoms with Crippen molar-refractivity contribution in [1.82, 2.24) is 5.32 Å². The van der Waals surface area contributed by atoms with Gasteiger partial charge >= 0.3 is 0 Å². The summed E-state index contributed by atoms with van der Waals surface area (Å²) in [5.41, 5.74) is 1.78. The highest BCUT2D eigenvalue weighted by Crippen LogP contribution is 2.30. The number of carbonyl (C=O) groups is 1. The molecule has 0 heterocycles. The maximum Gasteiger partial charge on any atom is 0.262 e. The Labute approximate surface area is 199 Å². The van der Waals surface area contributed by atoms with Crippen LogP contribution in [0.2, 0.25) is 0 Å². The summed E-state index contributed by atoms with van der Waals surface area (Å²) in [6.45, 7) is 3.49. The van der Waals surface area contributed by atoms with E-state index in [1.807, 2.05) is 13.0 Å². The van der Waals surface area contributed by atoms with Crippen molar-refractivity contribution in [3.05, 3.63) is 77.4 Å². The number of hydrogen-bond acceptors (Lipinski definition) is 6. The van der Waals surface area contributed by atoms with Crippen molar-refractivity contribution >= 4 is 21.6 Å². The SMILES string of the molecule is COc1ccc(C(C)NC(=O)c2ccc(C)c(S(=O)(=O)Nc3ccccc3OC)c2)c(OC)c1. The molecule has 0 saturated carbocycles. The lowest BCUT2D eigenvalue weighted by molar-refractivity contribution is 0.0939. The van der Waals surface area contributed by atoms with Crippen LogP contribution in [0.4, 0.5) is 5.69 Å². The quantitative estimate of drug-likeness (QED) is 0.469. The molecule has 3 aromatic carbocycles. The second-order valence-electron chi connectivity index (χ2n) is 7.59. The van der Waals surface area contributed by atoms with Crippen LogP contribution in [-0.2, 0) is 10.0 Å². The standard InChI is InChI=1S/C25H28N2O6S/c1-16-10-11-18(14-24(16)34(29,30)27-21-8-6-7-9-22(21)32-4)25(28)26-17(2)20-13-12-19(31-3)15-23(20)33-5/h6-15,17,27H,1-5H3,(H,26,28). The molecule has 3 rings (SSSR count). The Kier molecular flexibility index (Phi) is 7.68. The van der Waals surface area contributed by atoms with E-state index >= 15 is 0 Å². The number of carbonyl (C=O) groups excluding carboxylic acids is 1. The molecule has 180 valence electrons. The van der Waals surface area contributed by atoms with Crippen LogP contribution in [0.3, 0.4) is 0 Å². The number of nitrogens with one attached hydrogen (secondary N) is 2. The van der Waals surface area contributed by atoms with Crippen LogP contribution < -0.4 is 24.2 Å². The van der Waals surface area contributed by atoms with Crippen LogP contribution in [0.1, 0.15) is 34.5 Å². The molecule has 1 amide bonds. The summed E-state index contributed by atoms with van der Waals surface area (Å²) >= 11 is 0. The van der Waals surface area contributed by atoms with Crippen LogP contribution in [0.25, 0.3) is 0 Å². The van der Waals surface area contributed by atoms with Gasteiger partial charge in [0.2, 0.25) is 0 Å². The average Bonchev–Trinajstić information content (AvgIpc) is 2.83. The van der Waals surface area contributed by atoms with E-state index in [0.717, 1.165) is 5.56 Å². The van der Waals surface area contributed by atoms with Gasteiger partial charge in [-0.2, -0.15) is 0 Å². The number of rotatable bonds is 9. The fourth-order valence-corrected chi connectivity index (χ4v) is 4.84. The Balaban J connectivity index is 1.86. The first kappa shape index (κ1) is 24.9. The molecule has 3 aromatic rings. The van der Waals surface area contributed by atoms with E-state index in [1.54, 1.807) is 69.7 Å². The van der Waals surface area contributed by atoms with Gasteiger partial charge < -0.3 is 19.5 Å². The number of amides is 1. The van der Waals surface area contributed by atoms with Gasteiger partial charge in [0.05, 0.1) is 38.0 Å². The third-order valence-electron chi connectivity index (χ3n) is 5.35. The maximum atomic E-state index is 13.1. The van der Waals surface area contributed by atoms with Gasteiger partial charge in [-0.1, -0.05) is 18.2 Å². The van der Waals surface area contributed by atoms with Gasteiger partial charge in [-0.3, -0.25) is 9.52 Å². The molecule has 34 heavy (non-hydrogen) atoms. The summed E-state index contributed by atoms with van der Waals surface area (Å²) in [6, 6.07) is 16.2. The Morgan fingerprint density at radius 3 is 2.26 bits per heavy atom. The van der Waals surface area contributed by atoms with E-state index in [0.29, 0.717) is 28.5 Å². The summed E-state index contributed by atoms with van der Waals surface area (Å²) in [5.74, 6) is 1.18. The lowest BCUT2D eigenvalue weighted by atomic mass is 10.1. The average molecular weight is 485 g/mol. The van der Waals surface area contributed by atoms with Crippen molar-refractivity contribution in [1.29, 1.82) is 0 Å². The summed E-state index contributed by atoms with van der Waals surface area (Å²) in [6.07, 6.45) is 0. The largest absolute Gasteiger partial charge is 0.497 e. The highest BCUT2D eigenvalue weighted by atomic mass is 32.2. The summed E-state index contributed by atoms with van der Waals surface area (Å²) in [7, 11) is 0.586. The fourth-order valence-electron chi connectivity index (χ4n) is 3.49. The highest BCUT2D eigenvalue weighted by molar-refractivity contribution is 7.92. The van der Waals surface area contributed by atoms with Crippen LogP contribution >= 0.6 is 0 Å². The number of ether oxygens (including phenoxy) is 3. The molecule has 2 N–H and O–H groups in total. The summed E-state index contributed by atoms with van der Waals surface area (Å²) in [5, 5.41) is 2.90. The van der Waals surface area contributed by atoms with Crippen molar-refractivity contribution in [3.8, 4) is 17.2 Å². The van der Waals surface area contributed by atoms with E-state index in [-0.39, 0.29) is 10.5 Å². The lowest BCUT2D eigenvalue weighted by Crippen LogP contribution is -2.27. The molecule has 0 aliphatic heterocycles. The normalized spacial score (nSPS) is 11.9. The van der Waals surface area contributed by atoms with Crippen molar-refractivity contribution in [2.45, 2.75) is 24.8 Å². The van der Waals surface area contributed by atoms with Gasteiger partial charge in [0.1, 0.15) is 17.2 Å². The van der Waals surface area contributed by atoms with Gasteiger partial charge in [0.25, 0.3) is 15.9 Å². The molecule has 8 nitrogen and oxygen atoms in total. The zero-order valence-corrected chi connectivity index (χ0v) is 20.5. The molecular weight excluding hydrogens is 456 g/mol. The van der Waals surface area contributed by atoms with Gasteiger partial charge in [0.15, 0.2) is 0 Å². The molecule has 0 radical (unpaired) electrons. The summed E-state index contributed by atoms with van der Waals surface area (Å²) < 4.78 is 44.7. The maximum absolute atomic E-state index is 13.1. The zero-order valence-electron chi connectivity index (χ0n) is 19.7. The molecule has 0 saturated heterocycles. The van der Waals surface area contributed by atoms with E-state index in [9.17, 15) is 13.2 Å². The molecule has 0 aliphatic carbocycles. The number of aryl methyl sites for hydroxylation is 1. The molecule has 1 unspecified atom stereocenters.